The van der Waals surface area contributed by atoms with Crippen molar-refractivity contribution in [3.63, 3.8) is 0 Å². The number of alkyl halides is 3. The van der Waals surface area contributed by atoms with Crippen LogP contribution in [-0.4, -0.2) is 48.6 Å². The van der Waals surface area contributed by atoms with E-state index in [1.165, 1.54) is 14.0 Å². The third-order valence-electron chi connectivity index (χ3n) is 4.22. The summed E-state index contributed by atoms with van der Waals surface area (Å²) >= 11 is 0. The predicted molar refractivity (Wildman–Crippen MR) is 85.1 cm³/mol. The Hall–Kier alpha value is -2.25. The van der Waals surface area contributed by atoms with Gasteiger partial charge in [-0.3, -0.25) is 9.59 Å². The lowest BCUT2D eigenvalue weighted by molar-refractivity contribution is -0.197. The third-order valence-corrected chi connectivity index (χ3v) is 4.22. The zero-order valence-corrected chi connectivity index (χ0v) is 14.1. The second-order valence-corrected chi connectivity index (χ2v) is 6.07. The molecule has 1 aliphatic rings. The van der Waals surface area contributed by atoms with Crippen LogP contribution in [0.4, 0.5) is 13.2 Å². The lowest BCUT2D eigenvalue weighted by atomic mass is 9.96. The van der Waals surface area contributed by atoms with Gasteiger partial charge < -0.3 is 15.0 Å². The number of likely N-dealkylation sites (tertiary alicyclic amines) is 1. The number of halogens is 3. The number of benzene rings is 1. The molecule has 1 fully saturated rings. The highest BCUT2D eigenvalue weighted by Crippen LogP contribution is 2.33. The lowest BCUT2D eigenvalue weighted by Gasteiger charge is -2.40. The summed E-state index contributed by atoms with van der Waals surface area (Å²) in [5, 5.41) is 2.60. The van der Waals surface area contributed by atoms with Crippen molar-refractivity contribution in [3.8, 4) is 5.75 Å². The molecule has 25 heavy (non-hydrogen) atoms. The van der Waals surface area contributed by atoms with Gasteiger partial charge in [0.2, 0.25) is 11.8 Å². The van der Waals surface area contributed by atoms with Gasteiger partial charge in [0.15, 0.2) is 0 Å². The molecule has 1 aromatic rings. The van der Waals surface area contributed by atoms with Gasteiger partial charge in [0.05, 0.1) is 13.5 Å². The van der Waals surface area contributed by atoms with E-state index in [4.69, 9.17) is 4.74 Å². The zero-order valence-electron chi connectivity index (χ0n) is 14.1. The number of piperidine rings is 1. The van der Waals surface area contributed by atoms with Gasteiger partial charge in [0.25, 0.3) is 0 Å². The summed E-state index contributed by atoms with van der Waals surface area (Å²) in [4.78, 5) is 24.6. The van der Waals surface area contributed by atoms with Gasteiger partial charge in [-0.05, 0) is 18.9 Å². The molecular weight excluding hydrogens is 337 g/mol. The van der Waals surface area contributed by atoms with Crippen LogP contribution in [0.15, 0.2) is 24.3 Å². The summed E-state index contributed by atoms with van der Waals surface area (Å²) in [5.41, 5.74) is 0.526. The standard InChI is InChI=1S/C17H21F3N2O3/c1-11(23)21-13-7-8-15(17(18,19)20)22(10-13)16(24)9-12-5-3-4-6-14(12)25-2/h3-6,13,15H,7-10H2,1-2H3,(H,21,23)/t13-,15+/m1/s1. The number of hydrogen-bond donors (Lipinski definition) is 1. The SMILES string of the molecule is COc1ccccc1CC(=O)N1C[C@H](NC(C)=O)CC[C@H]1C(F)(F)F. The van der Waals surface area contributed by atoms with E-state index in [-0.39, 0.29) is 31.7 Å². The molecule has 0 aliphatic carbocycles. The summed E-state index contributed by atoms with van der Waals surface area (Å²) in [5.74, 6) is -0.510. The quantitative estimate of drug-likeness (QED) is 0.899. The molecule has 138 valence electrons. The largest absolute Gasteiger partial charge is 0.496 e. The Morgan fingerprint density at radius 3 is 2.56 bits per heavy atom. The fourth-order valence-electron chi connectivity index (χ4n) is 3.11. The van der Waals surface area contributed by atoms with Crippen LogP contribution in [0.1, 0.15) is 25.3 Å². The molecule has 0 bridgehead atoms. The molecule has 2 rings (SSSR count). The van der Waals surface area contributed by atoms with Gasteiger partial charge in [-0.25, -0.2) is 0 Å². The Labute approximate surface area is 144 Å². The minimum absolute atomic E-state index is 0.155. The number of para-hydroxylation sites is 1. The smallest absolute Gasteiger partial charge is 0.408 e. The molecule has 2 amide bonds. The van der Waals surface area contributed by atoms with Gasteiger partial charge in [0, 0.05) is 25.1 Å². The first kappa shape index (κ1) is 19.1. The van der Waals surface area contributed by atoms with E-state index in [1.54, 1.807) is 24.3 Å². The van der Waals surface area contributed by atoms with Crippen molar-refractivity contribution in [1.82, 2.24) is 10.2 Å². The van der Waals surface area contributed by atoms with Gasteiger partial charge >= 0.3 is 6.18 Å². The normalized spacial score (nSPS) is 20.9. The van der Waals surface area contributed by atoms with Crippen molar-refractivity contribution in [2.24, 2.45) is 0 Å². The highest BCUT2D eigenvalue weighted by molar-refractivity contribution is 5.80. The summed E-state index contributed by atoms with van der Waals surface area (Å²) in [7, 11) is 1.44. The van der Waals surface area contributed by atoms with Gasteiger partial charge in [0.1, 0.15) is 11.8 Å². The van der Waals surface area contributed by atoms with Crippen molar-refractivity contribution in [2.45, 2.75) is 44.4 Å². The van der Waals surface area contributed by atoms with E-state index in [1.807, 2.05) is 0 Å². The highest BCUT2D eigenvalue weighted by atomic mass is 19.4. The second kappa shape index (κ2) is 7.76. The van der Waals surface area contributed by atoms with Crippen LogP contribution >= 0.6 is 0 Å². The number of carbonyl (C=O) groups is 2. The zero-order chi connectivity index (χ0) is 18.6. The maximum Gasteiger partial charge on any atom is 0.408 e. The maximum absolute atomic E-state index is 13.3. The van der Waals surface area contributed by atoms with Gasteiger partial charge in [-0.1, -0.05) is 18.2 Å². The monoisotopic (exact) mass is 358 g/mol. The van der Waals surface area contributed by atoms with Gasteiger partial charge in [-0.2, -0.15) is 13.2 Å². The molecule has 0 unspecified atom stereocenters. The Bertz CT molecular complexity index is 634. The summed E-state index contributed by atoms with van der Waals surface area (Å²) in [6.45, 7) is 1.15. The first-order valence-corrected chi connectivity index (χ1v) is 7.97. The summed E-state index contributed by atoms with van der Waals surface area (Å²) in [6, 6.07) is 4.41. The molecule has 0 saturated carbocycles. The molecule has 0 aromatic heterocycles. The average Bonchev–Trinajstić information content (AvgIpc) is 2.53. The van der Waals surface area contributed by atoms with E-state index >= 15 is 0 Å². The first-order chi connectivity index (χ1) is 11.7. The molecule has 1 N–H and O–H groups in total. The highest BCUT2D eigenvalue weighted by Gasteiger charge is 2.48. The minimum Gasteiger partial charge on any atom is -0.496 e. The predicted octanol–water partition coefficient (Wildman–Crippen LogP) is 2.30. The molecule has 1 heterocycles. The van der Waals surface area contributed by atoms with Crippen LogP contribution < -0.4 is 10.1 Å². The number of hydrogen-bond acceptors (Lipinski definition) is 3. The van der Waals surface area contributed by atoms with Crippen LogP contribution in [0, 0.1) is 0 Å². The molecule has 1 aliphatic heterocycles. The van der Waals surface area contributed by atoms with Crippen molar-refractivity contribution in [3.05, 3.63) is 29.8 Å². The summed E-state index contributed by atoms with van der Waals surface area (Å²) in [6.07, 6.45) is -4.74. The Kier molecular flexibility index (Phi) is 5.92. The molecule has 1 aromatic carbocycles. The maximum atomic E-state index is 13.3. The average molecular weight is 358 g/mol. The number of carbonyl (C=O) groups excluding carboxylic acids is 2. The van der Waals surface area contributed by atoms with E-state index < -0.39 is 24.2 Å². The fourth-order valence-corrected chi connectivity index (χ4v) is 3.11. The minimum atomic E-state index is -4.50. The number of ether oxygens (including phenoxy) is 1. The van der Waals surface area contributed by atoms with Gasteiger partial charge in [-0.15, -0.1) is 0 Å². The Morgan fingerprint density at radius 1 is 1.28 bits per heavy atom. The number of rotatable bonds is 4. The van der Waals surface area contributed by atoms with Crippen LogP contribution in [0.5, 0.6) is 5.75 Å². The van der Waals surface area contributed by atoms with Crippen LogP contribution in [0.25, 0.3) is 0 Å². The van der Waals surface area contributed by atoms with E-state index in [0.717, 1.165) is 4.90 Å². The van der Waals surface area contributed by atoms with Crippen molar-refractivity contribution < 1.29 is 27.5 Å². The molecule has 1 saturated heterocycles. The first-order valence-electron chi connectivity index (χ1n) is 7.97. The van der Waals surface area contributed by atoms with Crippen LogP contribution in [0.2, 0.25) is 0 Å². The van der Waals surface area contributed by atoms with E-state index in [9.17, 15) is 22.8 Å². The summed E-state index contributed by atoms with van der Waals surface area (Å²) < 4.78 is 45.1. The Morgan fingerprint density at radius 2 is 1.96 bits per heavy atom. The molecule has 8 heteroatoms. The number of methoxy groups -OCH3 is 1. The molecule has 0 radical (unpaired) electrons. The number of nitrogens with zero attached hydrogens (tertiary/aromatic N) is 1. The van der Waals surface area contributed by atoms with Crippen LogP contribution in [-0.2, 0) is 16.0 Å². The third kappa shape index (κ3) is 4.87. The fraction of sp³-hybridized carbons (Fsp3) is 0.529. The molecular formula is C17H21F3N2O3. The van der Waals surface area contributed by atoms with Crippen molar-refractivity contribution >= 4 is 11.8 Å². The van der Waals surface area contributed by atoms with Crippen molar-refractivity contribution in [2.75, 3.05) is 13.7 Å². The number of amides is 2. The molecule has 0 spiro atoms. The second-order valence-electron chi connectivity index (χ2n) is 6.07. The topological polar surface area (TPSA) is 58.6 Å². The molecule has 5 nitrogen and oxygen atoms in total. The molecule has 2 atom stereocenters. The lowest BCUT2D eigenvalue weighted by Crippen LogP contribution is -2.58. The van der Waals surface area contributed by atoms with Crippen LogP contribution in [0.3, 0.4) is 0 Å². The number of nitrogens with one attached hydrogen (secondary N) is 1. The Balaban J connectivity index is 2.19. The van der Waals surface area contributed by atoms with Crippen molar-refractivity contribution in [1.29, 1.82) is 0 Å². The van der Waals surface area contributed by atoms with E-state index in [0.29, 0.717) is 11.3 Å². The van der Waals surface area contributed by atoms with E-state index in [2.05, 4.69) is 5.32 Å².